The molecule has 0 aliphatic heterocycles. The Bertz CT molecular complexity index is 468. The van der Waals surface area contributed by atoms with Gasteiger partial charge in [0.05, 0.1) is 12.8 Å². The van der Waals surface area contributed by atoms with Crippen LogP contribution in [-0.2, 0) is 17.7 Å². The maximum absolute atomic E-state index is 11.0. The summed E-state index contributed by atoms with van der Waals surface area (Å²) in [6, 6.07) is 3.17. The van der Waals surface area contributed by atoms with Crippen LogP contribution in [0.2, 0.25) is 0 Å². The topological polar surface area (TPSA) is 68.2 Å². The molecule has 2 N–H and O–H groups in total. The van der Waals surface area contributed by atoms with E-state index in [1.807, 2.05) is 0 Å². The molecule has 0 aromatic carbocycles. The van der Waals surface area contributed by atoms with Gasteiger partial charge in [-0.15, -0.1) is 0 Å². The van der Waals surface area contributed by atoms with Crippen molar-refractivity contribution in [3.63, 3.8) is 0 Å². The number of rotatable bonds is 8. The van der Waals surface area contributed by atoms with Crippen molar-refractivity contribution in [2.45, 2.75) is 58.2 Å². The van der Waals surface area contributed by atoms with Crippen molar-refractivity contribution in [2.75, 3.05) is 13.7 Å². The number of amides is 1. The van der Waals surface area contributed by atoms with Gasteiger partial charge in [0.15, 0.2) is 0 Å². The second-order valence-corrected chi connectivity index (χ2v) is 5.56. The summed E-state index contributed by atoms with van der Waals surface area (Å²) in [5.74, 6) is 0. The molecule has 2 rings (SSSR count). The predicted octanol–water partition coefficient (Wildman–Crippen LogP) is 2.00. The van der Waals surface area contributed by atoms with E-state index in [9.17, 15) is 4.79 Å². The Morgan fingerprint density at radius 3 is 2.95 bits per heavy atom. The lowest BCUT2D eigenvalue weighted by Gasteiger charge is -2.09. The first-order valence-electron chi connectivity index (χ1n) is 7.78. The summed E-state index contributed by atoms with van der Waals surface area (Å²) in [6.45, 7) is 5.76. The number of carbonyl (C=O) groups excluding carboxylic acids is 1. The van der Waals surface area contributed by atoms with E-state index in [-0.39, 0.29) is 6.09 Å². The summed E-state index contributed by atoms with van der Waals surface area (Å²) in [7, 11) is 1.38. The summed E-state index contributed by atoms with van der Waals surface area (Å²) < 4.78 is 6.60. The molecule has 1 aliphatic carbocycles. The van der Waals surface area contributed by atoms with Crippen LogP contribution in [0.15, 0.2) is 6.07 Å². The lowest BCUT2D eigenvalue weighted by Crippen LogP contribution is -2.24. The fourth-order valence-corrected chi connectivity index (χ4v) is 2.39. The summed E-state index contributed by atoms with van der Waals surface area (Å²) in [5.41, 5.74) is 2.34. The molecule has 1 aliphatic rings. The highest BCUT2D eigenvalue weighted by atomic mass is 16.5. The van der Waals surface area contributed by atoms with Gasteiger partial charge >= 0.3 is 6.09 Å². The molecule has 118 valence electrons. The van der Waals surface area contributed by atoms with E-state index in [1.54, 1.807) is 0 Å². The molecule has 1 saturated carbocycles. The van der Waals surface area contributed by atoms with Gasteiger partial charge in [-0.2, -0.15) is 5.10 Å². The minimum Gasteiger partial charge on any atom is -0.453 e. The Hall–Kier alpha value is -1.56. The number of hydrogen-bond acceptors (Lipinski definition) is 4. The molecule has 0 saturated heterocycles. The Morgan fingerprint density at radius 1 is 1.57 bits per heavy atom. The average Bonchev–Trinajstić information content (AvgIpc) is 3.20. The van der Waals surface area contributed by atoms with Crippen molar-refractivity contribution in [3.05, 3.63) is 17.5 Å². The number of aryl methyl sites for hydroxylation is 2. The molecule has 0 unspecified atom stereocenters. The molecule has 0 radical (unpaired) electrons. The number of nitrogens with zero attached hydrogens (tertiary/aromatic N) is 2. The van der Waals surface area contributed by atoms with Gasteiger partial charge in [0, 0.05) is 30.9 Å². The van der Waals surface area contributed by atoms with Crippen molar-refractivity contribution >= 4 is 6.09 Å². The van der Waals surface area contributed by atoms with E-state index in [2.05, 4.69) is 45.1 Å². The van der Waals surface area contributed by atoms with Gasteiger partial charge in [0.2, 0.25) is 0 Å². The van der Waals surface area contributed by atoms with Crippen LogP contribution in [0.4, 0.5) is 4.79 Å². The number of alkyl carbamates (subject to hydrolysis) is 1. The molecule has 1 aromatic heterocycles. The zero-order valence-electron chi connectivity index (χ0n) is 13.2. The molecule has 0 bridgehead atoms. The molecule has 1 atom stereocenters. The molecule has 0 spiro atoms. The minimum absolute atomic E-state index is 0.303. The second-order valence-electron chi connectivity index (χ2n) is 5.56. The largest absolute Gasteiger partial charge is 0.453 e. The number of aromatic nitrogens is 2. The third kappa shape index (κ3) is 4.74. The van der Waals surface area contributed by atoms with E-state index in [4.69, 9.17) is 0 Å². The van der Waals surface area contributed by atoms with Gasteiger partial charge in [-0.05, 0) is 45.6 Å². The van der Waals surface area contributed by atoms with Gasteiger partial charge in [-0.25, -0.2) is 4.79 Å². The highest BCUT2D eigenvalue weighted by molar-refractivity contribution is 5.66. The van der Waals surface area contributed by atoms with Crippen LogP contribution >= 0.6 is 0 Å². The maximum Gasteiger partial charge on any atom is 0.406 e. The minimum atomic E-state index is -0.373. The van der Waals surface area contributed by atoms with Crippen LogP contribution in [0.5, 0.6) is 0 Å². The fourth-order valence-electron chi connectivity index (χ4n) is 2.39. The second kappa shape index (κ2) is 7.45. The van der Waals surface area contributed by atoms with Gasteiger partial charge in [0.1, 0.15) is 0 Å². The molecular formula is C15H26N4O2. The van der Waals surface area contributed by atoms with Crippen molar-refractivity contribution in [2.24, 2.45) is 0 Å². The molecule has 6 heteroatoms. The molecular weight excluding hydrogens is 268 g/mol. The molecule has 1 aromatic rings. The van der Waals surface area contributed by atoms with Crippen LogP contribution < -0.4 is 10.6 Å². The lowest BCUT2D eigenvalue weighted by atomic mass is 10.2. The number of carbonyl (C=O) groups is 1. The normalized spacial score (nSPS) is 15.8. The highest BCUT2D eigenvalue weighted by Gasteiger charge is 2.24. The zero-order valence-corrected chi connectivity index (χ0v) is 13.2. The van der Waals surface area contributed by atoms with Gasteiger partial charge < -0.3 is 15.4 Å². The molecule has 1 heterocycles. The van der Waals surface area contributed by atoms with Crippen LogP contribution in [-0.4, -0.2) is 35.6 Å². The van der Waals surface area contributed by atoms with Crippen molar-refractivity contribution in [1.82, 2.24) is 20.4 Å². The van der Waals surface area contributed by atoms with E-state index >= 15 is 0 Å². The Balaban J connectivity index is 1.85. The monoisotopic (exact) mass is 294 g/mol. The summed E-state index contributed by atoms with van der Waals surface area (Å²) in [5, 5.41) is 11.0. The molecule has 1 fully saturated rings. The number of nitrogens with one attached hydrogen (secondary N) is 2. The predicted molar refractivity (Wildman–Crippen MR) is 81.2 cm³/mol. The highest BCUT2D eigenvalue weighted by Crippen LogP contribution is 2.24. The SMILES string of the molecule is CCn1nc([C@@H](C)NC2CC2)cc1CCCNC(=O)OC. The fraction of sp³-hybridized carbons (Fsp3) is 0.733. The smallest absolute Gasteiger partial charge is 0.406 e. The summed E-state index contributed by atoms with van der Waals surface area (Å²) in [4.78, 5) is 11.0. The number of ether oxygens (including phenoxy) is 1. The van der Waals surface area contributed by atoms with Crippen LogP contribution in [0, 0.1) is 0 Å². The summed E-state index contributed by atoms with van der Waals surface area (Å²) >= 11 is 0. The van der Waals surface area contributed by atoms with Gasteiger partial charge in [0.25, 0.3) is 0 Å². The van der Waals surface area contributed by atoms with E-state index in [1.165, 1.54) is 25.6 Å². The van der Waals surface area contributed by atoms with E-state index < -0.39 is 0 Å². The lowest BCUT2D eigenvalue weighted by molar-refractivity contribution is 0.171. The van der Waals surface area contributed by atoms with Crippen molar-refractivity contribution in [1.29, 1.82) is 0 Å². The Morgan fingerprint density at radius 2 is 2.33 bits per heavy atom. The Kier molecular flexibility index (Phi) is 5.61. The molecule has 1 amide bonds. The van der Waals surface area contributed by atoms with Crippen LogP contribution in [0.1, 0.15) is 50.5 Å². The van der Waals surface area contributed by atoms with Crippen molar-refractivity contribution in [3.8, 4) is 0 Å². The van der Waals surface area contributed by atoms with E-state index in [0.29, 0.717) is 18.6 Å². The number of hydrogen-bond donors (Lipinski definition) is 2. The standard InChI is InChI=1S/C15H26N4O2/c1-4-19-13(6-5-9-16-15(20)21-3)10-14(18-19)11(2)17-12-7-8-12/h10-12,17H,4-9H2,1-3H3,(H,16,20)/t11-/m1/s1. The molecule has 6 nitrogen and oxygen atoms in total. The maximum atomic E-state index is 11.0. The first kappa shape index (κ1) is 15.8. The first-order valence-corrected chi connectivity index (χ1v) is 7.78. The average molecular weight is 294 g/mol. The zero-order chi connectivity index (χ0) is 15.2. The van der Waals surface area contributed by atoms with Crippen LogP contribution in [0.3, 0.4) is 0 Å². The summed E-state index contributed by atoms with van der Waals surface area (Å²) in [6.07, 6.45) is 3.98. The van der Waals surface area contributed by atoms with Crippen LogP contribution in [0.25, 0.3) is 0 Å². The number of methoxy groups -OCH3 is 1. The van der Waals surface area contributed by atoms with Gasteiger partial charge in [-0.1, -0.05) is 0 Å². The van der Waals surface area contributed by atoms with Gasteiger partial charge in [-0.3, -0.25) is 4.68 Å². The van der Waals surface area contributed by atoms with E-state index in [0.717, 1.165) is 25.1 Å². The molecule has 21 heavy (non-hydrogen) atoms. The first-order chi connectivity index (χ1) is 10.1. The third-order valence-corrected chi connectivity index (χ3v) is 3.75. The quantitative estimate of drug-likeness (QED) is 0.720. The third-order valence-electron chi connectivity index (χ3n) is 3.75. The van der Waals surface area contributed by atoms with Crippen molar-refractivity contribution < 1.29 is 9.53 Å². The Labute approximate surface area is 126 Å².